The molecule has 1 unspecified atom stereocenters. The molecule has 1 rings (SSSR count). The zero-order chi connectivity index (χ0) is 29.3. The van der Waals surface area contributed by atoms with Crippen LogP contribution in [0.1, 0.15) is 12.0 Å². The molecule has 0 aliphatic carbocycles. The van der Waals surface area contributed by atoms with Gasteiger partial charge in [-0.3, -0.25) is 9.35 Å². The lowest BCUT2D eigenvalue weighted by Crippen LogP contribution is -2.60. The van der Waals surface area contributed by atoms with Gasteiger partial charge in [-0.2, -0.15) is 56.7 Å². The van der Waals surface area contributed by atoms with E-state index in [1.807, 2.05) is 0 Å². The number of esters is 1. The summed E-state index contributed by atoms with van der Waals surface area (Å²) in [6.45, 7) is -0.0969. The quantitative estimate of drug-likeness (QED) is 0.137. The molecular weight excluding hydrogens is 571 g/mol. The monoisotopic (exact) mass is 583 g/mol. The summed E-state index contributed by atoms with van der Waals surface area (Å²) in [6, 6.07) is 1.30. The summed E-state index contributed by atoms with van der Waals surface area (Å²) >= 11 is 0. The van der Waals surface area contributed by atoms with Crippen LogP contribution < -0.4 is 5.32 Å². The molecule has 1 atom stereocenters. The Kier molecular flexibility index (Phi) is 9.00. The number of rotatable bonds is 10. The zero-order valence-electron chi connectivity index (χ0n) is 17.4. The number of amides is 1. The average Bonchev–Trinajstić information content (AvgIpc) is 2.70. The molecule has 0 spiro atoms. The standard InChI is InChI=1S/C17H12F11NO7S/c1-8(18)11(30)36-14(16(24,25)26,35-7-6-13(19,20)17(27,28)37(32,33)34)12(31)29-10-4-2-9(3-5-10)15(21,22)23/h2-5H,1,6-7H2,(H,29,31)(H,32,33,34). The van der Waals surface area contributed by atoms with Gasteiger partial charge in [0, 0.05) is 12.1 Å². The van der Waals surface area contributed by atoms with Gasteiger partial charge in [-0.05, 0) is 24.3 Å². The van der Waals surface area contributed by atoms with Gasteiger partial charge in [-0.25, -0.2) is 4.79 Å². The van der Waals surface area contributed by atoms with Gasteiger partial charge < -0.3 is 14.8 Å². The van der Waals surface area contributed by atoms with Gasteiger partial charge >= 0.3 is 51.3 Å². The van der Waals surface area contributed by atoms with E-state index in [4.69, 9.17) is 4.55 Å². The first-order valence-corrected chi connectivity index (χ1v) is 10.3. The molecule has 37 heavy (non-hydrogen) atoms. The smallest absolute Gasteiger partial charge is 0.410 e. The number of nitrogens with one attached hydrogen (secondary N) is 1. The Morgan fingerprint density at radius 2 is 1.43 bits per heavy atom. The summed E-state index contributed by atoms with van der Waals surface area (Å²) in [6.07, 6.45) is -13.9. The summed E-state index contributed by atoms with van der Waals surface area (Å²) in [4.78, 5) is 23.8. The van der Waals surface area contributed by atoms with Crippen molar-refractivity contribution in [2.24, 2.45) is 0 Å². The minimum absolute atomic E-state index is 0.263. The molecule has 0 bridgehead atoms. The normalized spacial score (nSPS) is 15.0. The average molecular weight is 583 g/mol. The highest BCUT2D eigenvalue weighted by Gasteiger charge is 2.68. The summed E-state index contributed by atoms with van der Waals surface area (Å²) in [5, 5.41) is -5.00. The van der Waals surface area contributed by atoms with Crippen molar-refractivity contribution < 1.29 is 80.3 Å². The SMILES string of the molecule is C=C(F)C(=O)OC(OCCC(F)(F)C(F)(F)S(=O)(=O)O)(C(=O)Nc1ccc(C(F)(F)F)cc1)C(F)(F)F. The number of ether oxygens (including phenoxy) is 2. The number of carbonyl (C=O) groups excluding carboxylic acids is 2. The van der Waals surface area contributed by atoms with Crippen LogP contribution in [0.4, 0.5) is 54.0 Å². The number of carbonyl (C=O) groups is 2. The lowest BCUT2D eigenvalue weighted by atomic mass is 10.1. The molecule has 0 fully saturated rings. The van der Waals surface area contributed by atoms with E-state index in [9.17, 15) is 66.3 Å². The minimum Gasteiger partial charge on any atom is -0.410 e. The lowest BCUT2D eigenvalue weighted by Gasteiger charge is -2.33. The molecule has 8 nitrogen and oxygen atoms in total. The van der Waals surface area contributed by atoms with Crippen LogP contribution in [0.3, 0.4) is 0 Å². The number of halogens is 11. The predicted molar refractivity (Wildman–Crippen MR) is 97.2 cm³/mol. The molecule has 2 N–H and O–H groups in total. The van der Waals surface area contributed by atoms with Crippen LogP contribution in [0, 0.1) is 0 Å². The second-order valence-electron chi connectivity index (χ2n) is 6.73. The van der Waals surface area contributed by atoms with Gasteiger partial charge in [0.25, 0.3) is 0 Å². The summed E-state index contributed by atoms with van der Waals surface area (Å²) in [7, 11) is -6.82. The minimum atomic E-state index is -6.82. The second-order valence-corrected chi connectivity index (χ2v) is 8.20. The van der Waals surface area contributed by atoms with Gasteiger partial charge in [0.05, 0.1) is 12.2 Å². The topological polar surface area (TPSA) is 119 Å². The number of hydrogen-bond donors (Lipinski definition) is 2. The van der Waals surface area contributed by atoms with Gasteiger partial charge in [-0.1, -0.05) is 6.58 Å². The summed E-state index contributed by atoms with van der Waals surface area (Å²) in [5.41, 5.74) is -2.21. The number of benzene rings is 1. The van der Waals surface area contributed by atoms with E-state index in [-0.39, 0.29) is 12.1 Å². The van der Waals surface area contributed by atoms with Gasteiger partial charge in [-0.15, -0.1) is 0 Å². The first-order valence-electron chi connectivity index (χ1n) is 8.89. The van der Waals surface area contributed by atoms with Crippen LogP contribution in [-0.2, 0) is 35.4 Å². The van der Waals surface area contributed by atoms with Crippen LogP contribution in [0.5, 0.6) is 0 Å². The summed E-state index contributed by atoms with van der Waals surface area (Å²) in [5.74, 6) is -18.6. The Bertz CT molecular complexity index is 1130. The van der Waals surface area contributed by atoms with E-state index < -0.39 is 81.4 Å². The van der Waals surface area contributed by atoms with Gasteiger partial charge in [0.15, 0.2) is 0 Å². The van der Waals surface area contributed by atoms with E-state index in [0.717, 1.165) is 0 Å². The van der Waals surface area contributed by atoms with Crippen molar-refractivity contribution in [1.29, 1.82) is 0 Å². The fourth-order valence-electron chi connectivity index (χ4n) is 2.21. The van der Waals surface area contributed by atoms with Crippen molar-refractivity contribution in [3.05, 3.63) is 42.2 Å². The van der Waals surface area contributed by atoms with Crippen molar-refractivity contribution in [3.63, 3.8) is 0 Å². The molecule has 0 radical (unpaired) electrons. The van der Waals surface area contributed by atoms with Crippen molar-refractivity contribution in [2.75, 3.05) is 11.9 Å². The van der Waals surface area contributed by atoms with Gasteiger partial charge in [0.2, 0.25) is 5.83 Å². The molecule has 0 aliphatic rings. The molecule has 20 heteroatoms. The molecule has 0 aliphatic heterocycles. The number of anilines is 1. The third-order valence-corrected chi connectivity index (χ3v) is 5.02. The highest BCUT2D eigenvalue weighted by atomic mass is 32.2. The molecule has 0 heterocycles. The Balaban J connectivity index is 3.41. The predicted octanol–water partition coefficient (Wildman–Crippen LogP) is 4.45. The van der Waals surface area contributed by atoms with Crippen LogP contribution in [0.15, 0.2) is 36.7 Å². The maximum atomic E-state index is 13.8. The Hall–Kier alpha value is -3.00. The highest BCUT2D eigenvalue weighted by Crippen LogP contribution is 2.42. The van der Waals surface area contributed by atoms with E-state index in [2.05, 4.69) is 16.1 Å². The van der Waals surface area contributed by atoms with E-state index in [1.54, 1.807) is 0 Å². The Morgan fingerprint density at radius 3 is 1.81 bits per heavy atom. The maximum Gasteiger partial charge on any atom is 0.466 e. The molecule has 0 aromatic heterocycles. The number of hydrogen-bond acceptors (Lipinski definition) is 6. The lowest BCUT2D eigenvalue weighted by molar-refractivity contribution is -0.348. The third-order valence-electron chi connectivity index (χ3n) is 4.07. The van der Waals surface area contributed by atoms with Crippen LogP contribution in [0.25, 0.3) is 0 Å². The van der Waals surface area contributed by atoms with Crippen molar-refractivity contribution in [3.8, 4) is 0 Å². The molecule has 1 aromatic carbocycles. The molecule has 210 valence electrons. The van der Waals surface area contributed by atoms with Crippen LogP contribution in [-0.4, -0.2) is 54.6 Å². The van der Waals surface area contributed by atoms with Crippen LogP contribution in [0.2, 0.25) is 0 Å². The third kappa shape index (κ3) is 7.06. The molecule has 0 saturated heterocycles. The van der Waals surface area contributed by atoms with Crippen LogP contribution >= 0.6 is 0 Å². The molecule has 1 aromatic rings. The Morgan fingerprint density at radius 1 is 0.946 bits per heavy atom. The fourth-order valence-corrected chi connectivity index (χ4v) is 2.69. The van der Waals surface area contributed by atoms with E-state index in [1.165, 1.54) is 5.32 Å². The fraction of sp³-hybridized carbons (Fsp3) is 0.412. The first kappa shape index (κ1) is 32.0. The van der Waals surface area contributed by atoms with Crippen molar-refractivity contribution >= 4 is 27.7 Å². The maximum absolute atomic E-state index is 13.8. The summed E-state index contributed by atoms with van der Waals surface area (Å²) < 4.78 is 183. The zero-order valence-corrected chi connectivity index (χ0v) is 18.2. The van der Waals surface area contributed by atoms with E-state index >= 15 is 0 Å². The Labute approximate surface area is 198 Å². The highest BCUT2D eigenvalue weighted by molar-refractivity contribution is 7.87. The van der Waals surface area contributed by atoms with Crippen molar-refractivity contribution in [1.82, 2.24) is 0 Å². The second kappa shape index (κ2) is 10.4. The molecule has 1 amide bonds. The van der Waals surface area contributed by atoms with Crippen molar-refractivity contribution in [2.45, 2.75) is 35.7 Å². The first-order chi connectivity index (χ1) is 16.4. The number of alkyl halides is 10. The van der Waals surface area contributed by atoms with Gasteiger partial charge in [0.1, 0.15) is 0 Å². The largest absolute Gasteiger partial charge is 0.466 e. The molecule has 0 saturated carbocycles. The molecular formula is C17H12F11NO7S. The van der Waals surface area contributed by atoms with E-state index in [0.29, 0.717) is 12.1 Å².